The second-order valence-corrected chi connectivity index (χ2v) is 2.60. The van der Waals surface area contributed by atoms with Gasteiger partial charge in [0.1, 0.15) is 5.82 Å². The summed E-state index contributed by atoms with van der Waals surface area (Å²) < 4.78 is 1.96. The average molecular weight is 169 g/mol. The summed E-state index contributed by atoms with van der Waals surface area (Å²) in [7, 11) is 5.72. The standard InChI is InChI=1S/C7H15N5/c1-8-5-4-6-10-11-7(9-2)12(6)3/h8H,4-5H2,1-3H3,(H,9,11). The lowest BCUT2D eigenvalue weighted by molar-refractivity contribution is 0.718. The highest BCUT2D eigenvalue weighted by atomic mass is 15.3. The van der Waals surface area contributed by atoms with Gasteiger partial charge in [-0.3, -0.25) is 0 Å². The maximum atomic E-state index is 4.03. The van der Waals surface area contributed by atoms with E-state index < -0.39 is 0 Å². The van der Waals surface area contributed by atoms with Gasteiger partial charge < -0.3 is 15.2 Å². The van der Waals surface area contributed by atoms with Crippen molar-refractivity contribution < 1.29 is 0 Å². The van der Waals surface area contributed by atoms with Crippen LogP contribution in [-0.4, -0.2) is 35.4 Å². The van der Waals surface area contributed by atoms with Crippen LogP contribution < -0.4 is 10.6 Å². The van der Waals surface area contributed by atoms with E-state index in [1.165, 1.54) is 0 Å². The van der Waals surface area contributed by atoms with E-state index in [4.69, 9.17) is 0 Å². The van der Waals surface area contributed by atoms with E-state index in [2.05, 4.69) is 20.8 Å². The molecule has 0 saturated carbocycles. The predicted octanol–water partition coefficient (Wildman–Crippen LogP) is -0.381. The Balaban J connectivity index is 2.66. The van der Waals surface area contributed by atoms with Gasteiger partial charge in [-0.1, -0.05) is 0 Å². The van der Waals surface area contributed by atoms with Crippen molar-refractivity contribution in [3.8, 4) is 0 Å². The third-order valence-corrected chi connectivity index (χ3v) is 1.79. The summed E-state index contributed by atoms with van der Waals surface area (Å²) in [5.74, 6) is 1.80. The van der Waals surface area contributed by atoms with Crippen LogP contribution in [0.2, 0.25) is 0 Å². The van der Waals surface area contributed by atoms with Crippen molar-refractivity contribution in [1.82, 2.24) is 20.1 Å². The first-order valence-electron chi connectivity index (χ1n) is 4.00. The molecule has 1 heterocycles. The molecule has 0 saturated heterocycles. The molecule has 0 radical (unpaired) electrons. The Labute approximate surface area is 72.2 Å². The molecule has 0 aliphatic heterocycles. The topological polar surface area (TPSA) is 54.8 Å². The first kappa shape index (κ1) is 8.99. The minimum absolute atomic E-state index is 0.807. The van der Waals surface area contributed by atoms with Gasteiger partial charge in [-0.25, -0.2) is 0 Å². The van der Waals surface area contributed by atoms with E-state index >= 15 is 0 Å². The van der Waals surface area contributed by atoms with Crippen LogP contribution in [0.5, 0.6) is 0 Å². The van der Waals surface area contributed by atoms with Crippen molar-refractivity contribution in [2.45, 2.75) is 6.42 Å². The maximum absolute atomic E-state index is 4.03. The highest BCUT2D eigenvalue weighted by Gasteiger charge is 2.04. The SMILES string of the molecule is CNCCc1nnc(NC)n1C. The highest BCUT2D eigenvalue weighted by Crippen LogP contribution is 2.03. The van der Waals surface area contributed by atoms with Crippen LogP contribution in [0.25, 0.3) is 0 Å². The van der Waals surface area contributed by atoms with Crippen molar-refractivity contribution in [3.63, 3.8) is 0 Å². The van der Waals surface area contributed by atoms with Gasteiger partial charge in [-0.15, -0.1) is 10.2 Å². The number of nitrogens with one attached hydrogen (secondary N) is 2. The number of nitrogens with zero attached hydrogens (tertiary/aromatic N) is 3. The quantitative estimate of drug-likeness (QED) is 0.645. The molecule has 0 spiro atoms. The smallest absolute Gasteiger partial charge is 0.224 e. The molecule has 1 rings (SSSR count). The molecule has 2 N–H and O–H groups in total. The van der Waals surface area contributed by atoms with Crippen molar-refractivity contribution in [1.29, 1.82) is 0 Å². The molecule has 12 heavy (non-hydrogen) atoms. The van der Waals surface area contributed by atoms with E-state index in [0.29, 0.717) is 0 Å². The molecule has 0 bridgehead atoms. The third-order valence-electron chi connectivity index (χ3n) is 1.79. The van der Waals surface area contributed by atoms with Gasteiger partial charge in [0, 0.05) is 27.1 Å². The zero-order chi connectivity index (χ0) is 8.97. The summed E-state index contributed by atoms with van der Waals surface area (Å²) in [6.07, 6.45) is 0.904. The molecule has 1 aromatic rings. The van der Waals surface area contributed by atoms with Crippen LogP contribution in [0.4, 0.5) is 5.95 Å². The third kappa shape index (κ3) is 1.73. The molecule has 5 heteroatoms. The number of hydrogen-bond donors (Lipinski definition) is 2. The fourth-order valence-corrected chi connectivity index (χ4v) is 1.03. The number of hydrogen-bond acceptors (Lipinski definition) is 4. The fourth-order valence-electron chi connectivity index (χ4n) is 1.03. The first-order valence-corrected chi connectivity index (χ1v) is 4.00. The minimum Gasteiger partial charge on any atom is -0.357 e. The van der Waals surface area contributed by atoms with Gasteiger partial charge in [0.15, 0.2) is 0 Å². The first-order chi connectivity index (χ1) is 5.79. The lowest BCUT2D eigenvalue weighted by Crippen LogP contribution is -2.13. The summed E-state index contributed by atoms with van der Waals surface area (Å²) in [5.41, 5.74) is 0. The molecular formula is C7H15N5. The predicted molar refractivity (Wildman–Crippen MR) is 48.2 cm³/mol. The van der Waals surface area contributed by atoms with E-state index in [0.717, 1.165) is 24.7 Å². The van der Waals surface area contributed by atoms with E-state index in [1.54, 1.807) is 0 Å². The summed E-state index contributed by atoms with van der Waals surface area (Å²) >= 11 is 0. The van der Waals surface area contributed by atoms with E-state index in [9.17, 15) is 0 Å². The van der Waals surface area contributed by atoms with Crippen LogP contribution in [0, 0.1) is 0 Å². The maximum Gasteiger partial charge on any atom is 0.224 e. The molecule has 0 aliphatic carbocycles. The fraction of sp³-hybridized carbons (Fsp3) is 0.714. The second kappa shape index (κ2) is 4.06. The van der Waals surface area contributed by atoms with Crippen LogP contribution in [0.3, 0.4) is 0 Å². The van der Waals surface area contributed by atoms with Crippen molar-refractivity contribution in [2.75, 3.05) is 26.0 Å². The number of aromatic nitrogens is 3. The van der Waals surface area contributed by atoms with Crippen molar-refractivity contribution in [2.24, 2.45) is 7.05 Å². The van der Waals surface area contributed by atoms with E-state index in [1.807, 2.05) is 25.7 Å². The van der Waals surface area contributed by atoms with Crippen molar-refractivity contribution >= 4 is 5.95 Å². The van der Waals surface area contributed by atoms with Crippen LogP contribution >= 0.6 is 0 Å². The van der Waals surface area contributed by atoms with Gasteiger partial charge >= 0.3 is 0 Å². The van der Waals surface area contributed by atoms with Gasteiger partial charge in [-0.05, 0) is 7.05 Å². The summed E-state index contributed by atoms with van der Waals surface area (Å²) in [6.45, 7) is 0.926. The Morgan fingerprint density at radius 2 is 2.08 bits per heavy atom. The van der Waals surface area contributed by atoms with Gasteiger partial charge in [-0.2, -0.15) is 0 Å². The van der Waals surface area contributed by atoms with Gasteiger partial charge in [0.2, 0.25) is 5.95 Å². The summed E-state index contributed by atoms with van der Waals surface area (Å²) in [5, 5.41) is 14.0. The molecule has 0 aliphatic rings. The summed E-state index contributed by atoms with van der Waals surface area (Å²) in [4.78, 5) is 0. The molecule has 0 atom stereocenters. The Morgan fingerprint density at radius 3 is 2.58 bits per heavy atom. The van der Waals surface area contributed by atoms with Crippen molar-refractivity contribution in [3.05, 3.63) is 5.82 Å². The van der Waals surface area contributed by atoms with Crippen LogP contribution in [0.1, 0.15) is 5.82 Å². The molecular weight excluding hydrogens is 154 g/mol. The van der Waals surface area contributed by atoms with Crippen LogP contribution in [-0.2, 0) is 13.5 Å². The Bertz CT molecular complexity index is 242. The largest absolute Gasteiger partial charge is 0.357 e. The zero-order valence-electron chi connectivity index (χ0n) is 7.76. The lowest BCUT2D eigenvalue weighted by Gasteiger charge is -2.01. The molecule has 0 unspecified atom stereocenters. The number of anilines is 1. The molecule has 0 amide bonds. The Hall–Kier alpha value is -1.10. The highest BCUT2D eigenvalue weighted by molar-refractivity contribution is 5.23. The number of rotatable bonds is 4. The number of likely N-dealkylation sites (N-methyl/N-ethyl adjacent to an activating group) is 1. The second-order valence-electron chi connectivity index (χ2n) is 2.60. The van der Waals surface area contributed by atoms with E-state index in [-0.39, 0.29) is 0 Å². The monoisotopic (exact) mass is 169 g/mol. The van der Waals surface area contributed by atoms with Crippen LogP contribution in [0.15, 0.2) is 0 Å². The van der Waals surface area contributed by atoms with Gasteiger partial charge in [0.25, 0.3) is 0 Å². The molecule has 0 fully saturated rings. The Morgan fingerprint density at radius 1 is 1.33 bits per heavy atom. The average Bonchev–Trinajstić information content (AvgIpc) is 2.43. The normalized spacial score (nSPS) is 10.2. The molecule has 5 nitrogen and oxygen atoms in total. The van der Waals surface area contributed by atoms with Gasteiger partial charge in [0.05, 0.1) is 0 Å². The molecule has 1 aromatic heterocycles. The lowest BCUT2D eigenvalue weighted by atomic mass is 10.4. The zero-order valence-corrected chi connectivity index (χ0v) is 7.76. The Kier molecular flexibility index (Phi) is 3.04. The molecule has 0 aromatic carbocycles. The minimum atomic E-state index is 0.807. The summed E-state index contributed by atoms with van der Waals surface area (Å²) in [6, 6.07) is 0. The molecule has 68 valence electrons.